The standard InChI is InChI=1S/C16H22N2O7S/c19-13(17-10-5-6-26(23,24)9-10)8-25-14(20)7-18-15(21)11-3-1-2-4-12(11)16(18)22/h10-12H,1-9H2,(H,17,19)/t10-,11+,12+/m0/s1. The molecule has 144 valence electrons. The van der Waals surface area contributed by atoms with Crippen LogP contribution in [-0.4, -0.2) is 67.7 Å². The van der Waals surface area contributed by atoms with E-state index in [1.54, 1.807) is 0 Å². The van der Waals surface area contributed by atoms with Crippen molar-refractivity contribution >= 4 is 33.5 Å². The number of nitrogens with one attached hydrogen (secondary N) is 1. The molecule has 0 spiro atoms. The Kier molecular flexibility index (Phi) is 5.31. The van der Waals surface area contributed by atoms with E-state index in [0.717, 1.165) is 17.7 Å². The SMILES string of the molecule is O=C(COC(=O)CN1C(=O)[C@@H]2CCCC[C@H]2C1=O)N[C@H]1CCS(=O)(=O)C1. The fourth-order valence-electron chi connectivity index (χ4n) is 3.89. The van der Waals surface area contributed by atoms with Gasteiger partial charge in [-0.25, -0.2) is 8.42 Å². The zero-order valence-corrected chi connectivity index (χ0v) is 15.1. The number of fused-ring (bicyclic) bond motifs is 1. The molecule has 1 aliphatic carbocycles. The van der Waals surface area contributed by atoms with Crippen LogP contribution in [0.15, 0.2) is 0 Å². The highest BCUT2D eigenvalue weighted by Gasteiger charge is 2.48. The van der Waals surface area contributed by atoms with Crippen LogP contribution in [-0.2, 0) is 33.8 Å². The Bertz CT molecular complexity index is 709. The van der Waals surface area contributed by atoms with Crippen LogP contribution >= 0.6 is 0 Å². The van der Waals surface area contributed by atoms with Gasteiger partial charge in [-0.3, -0.25) is 24.1 Å². The first-order valence-corrected chi connectivity index (χ1v) is 10.6. The second kappa shape index (κ2) is 7.34. The van der Waals surface area contributed by atoms with Crippen LogP contribution < -0.4 is 5.32 Å². The first-order valence-electron chi connectivity index (χ1n) is 8.77. The molecule has 0 aromatic rings. The van der Waals surface area contributed by atoms with Gasteiger partial charge in [0.05, 0.1) is 23.3 Å². The summed E-state index contributed by atoms with van der Waals surface area (Å²) in [5.41, 5.74) is 0. The van der Waals surface area contributed by atoms with Crippen molar-refractivity contribution in [3.05, 3.63) is 0 Å². The van der Waals surface area contributed by atoms with Crippen LogP contribution in [0.2, 0.25) is 0 Å². The minimum absolute atomic E-state index is 0.0270. The molecule has 0 aromatic carbocycles. The van der Waals surface area contributed by atoms with E-state index in [1.807, 2.05) is 0 Å². The molecule has 3 amide bonds. The van der Waals surface area contributed by atoms with Gasteiger partial charge in [-0.1, -0.05) is 12.8 Å². The quantitative estimate of drug-likeness (QED) is 0.475. The van der Waals surface area contributed by atoms with Gasteiger partial charge in [-0.2, -0.15) is 0 Å². The lowest BCUT2D eigenvalue weighted by atomic mass is 9.81. The third-order valence-corrected chi connectivity index (χ3v) is 6.95. The van der Waals surface area contributed by atoms with E-state index in [4.69, 9.17) is 4.74 Å². The summed E-state index contributed by atoms with van der Waals surface area (Å²) in [6.07, 6.45) is 3.45. The Morgan fingerprint density at radius 1 is 1.08 bits per heavy atom. The second-order valence-electron chi connectivity index (χ2n) is 7.09. The van der Waals surface area contributed by atoms with Crippen molar-refractivity contribution in [3.8, 4) is 0 Å². The molecular weight excluding hydrogens is 364 g/mol. The van der Waals surface area contributed by atoms with Crippen LogP contribution in [0.3, 0.4) is 0 Å². The predicted octanol–water partition coefficient (Wildman–Crippen LogP) is -0.992. The van der Waals surface area contributed by atoms with E-state index < -0.39 is 40.9 Å². The first kappa shape index (κ1) is 18.8. The highest BCUT2D eigenvalue weighted by atomic mass is 32.2. The fraction of sp³-hybridized carbons (Fsp3) is 0.750. The normalized spacial score (nSPS) is 30.2. The van der Waals surface area contributed by atoms with Gasteiger partial charge in [0.25, 0.3) is 5.91 Å². The number of likely N-dealkylation sites (tertiary alicyclic amines) is 1. The maximum absolute atomic E-state index is 12.3. The minimum Gasteiger partial charge on any atom is -0.454 e. The largest absolute Gasteiger partial charge is 0.454 e. The summed E-state index contributed by atoms with van der Waals surface area (Å²) in [6.45, 7) is -1.06. The molecule has 2 heterocycles. The zero-order valence-electron chi connectivity index (χ0n) is 14.3. The molecule has 10 heteroatoms. The van der Waals surface area contributed by atoms with E-state index >= 15 is 0 Å². The molecule has 2 aliphatic heterocycles. The number of hydrogen-bond acceptors (Lipinski definition) is 7. The molecule has 0 bridgehead atoms. The van der Waals surface area contributed by atoms with Crippen molar-refractivity contribution in [2.45, 2.75) is 38.1 Å². The molecule has 2 saturated heterocycles. The number of carbonyl (C=O) groups is 4. The Morgan fingerprint density at radius 2 is 1.69 bits per heavy atom. The van der Waals surface area contributed by atoms with E-state index in [9.17, 15) is 27.6 Å². The lowest BCUT2D eigenvalue weighted by Gasteiger charge is -2.19. The predicted molar refractivity (Wildman–Crippen MR) is 88.3 cm³/mol. The summed E-state index contributed by atoms with van der Waals surface area (Å²) in [6, 6.07) is -0.476. The van der Waals surface area contributed by atoms with E-state index in [1.165, 1.54) is 0 Å². The van der Waals surface area contributed by atoms with Gasteiger partial charge < -0.3 is 10.1 Å². The smallest absolute Gasteiger partial charge is 0.326 e. The maximum atomic E-state index is 12.3. The van der Waals surface area contributed by atoms with Crippen molar-refractivity contribution in [1.29, 1.82) is 0 Å². The van der Waals surface area contributed by atoms with E-state index in [0.29, 0.717) is 19.3 Å². The van der Waals surface area contributed by atoms with Crippen LogP contribution in [0, 0.1) is 11.8 Å². The molecule has 0 radical (unpaired) electrons. The summed E-state index contributed by atoms with van der Waals surface area (Å²) in [7, 11) is -3.12. The van der Waals surface area contributed by atoms with Crippen molar-refractivity contribution in [2.75, 3.05) is 24.7 Å². The summed E-state index contributed by atoms with van der Waals surface area (Å²) in [4.78, 5) is 49.1. The van der Waals surface area contributed by atoms with Crippen molar-refractivity contribution < 1.29 is 32.3 Å². The average molecular weight is 386 g/mol. The van der Waals surface area contributed by atoms with Gasteiger partial charge in [-0.15, -0.1) is 0 Å². The topological polar surface area (TPSA) is 127 Å². The summed E-state index contributed by atoms with van der Waals surface area (Å²) in [5.74, 6) is -2.87. The van der Waals surface area contributed by atoms with Crippen molar-refractivity contribution in [2.24, 2.45) is 11.8 Å². The Morgan fingerprint density at radius 3 is 2.23 bits per heavy atom. The zero-order chi connectivity index (χ0) is 18.9. The molecule has 9 nitrogen and oxygen atoms in total. The molecule has 1 N–H and O–H groups in total. The molecule has 1 saturated carbocycles. The molecule has 26 heavy (non-hydrogen) atoms. The van der Waals surface area contributed by atoms with Crippen molar-refractivity contribution in [3.63, 3.8) is 0 Å². The van der Waals surface area contributed by atoms with Crippen molar-refractivity contribution in [1.82, 2.24) is 10.2 Å². The Hall–Kier alpha value is -1.97. The Balaban J connectivity index is 1.45. The number of nitrogens with zero attached hydrogens (tertiary/aromatic N) is 1. The molecule has 3 aliphatic rings. The van der Waals surface area contributed by atoms with Crippen LogP contribution in [0.4, 0.5) is 0 Å². The average Bonchev–Trinajstić information content (AvgIpc) is 3.05. The minimum atomic E-state index is -3.12. The molecule has 0 unspecified atom stereocenters. The monoisotopic (exact) mass is 386 g/mol. The number of ether oxygens (including phenoxy) is 1. The number of amides is 3. The van der Waals surface area contributed by atoms with Crippen LogP contribution in [0.5, 0.6) is 0 Å². The number of sulfone groups is 1. The maximum Gasteiger partial charge on any atom is 0.326 e. The molecule has 0 aromatic heterocycles. The highest BCUT2D eigenvalue weighted by molar-refractivity contribution is 7.91. The molecule has 3 atom stereocenters. The third-order valence-electron chi connectivity index (χ3n) is 5.18. The van der Waals surface area contributed by atoms with E-state index in [-0.39, 0.29) is 35.2 Å². The molecular formula is C16H22N2O7S. The van der Waals surface area contributed by atoms with Gasteiger partial charge in [0.2, 0.25) is 11.8 Å². The van der Waals surface area contributed by atoms with Gasteiger partial charge >= 0.3 is 5.97 Å². The summed E-state index contributed by atoms with van der Waals surface area (Å²) in [5, 5.41) is 2.50. The fourth-order valence-corrected chi connectivity index (χ4v) is 5.56. The number of hydrogen-bond donors (Lipinski definition) is 1. The lowest BCUT2D eigenvalue weighted by molar-refractivity contribution is -0.155. The first-order chi connectivity index (χ1) is 12.3. The summed E-state index contributed by atoms with van der Waals surface area (Å²) < 4.78 is 27.5. The third kappa shape index (κ3) is 4.05. The number of rotatable bonds is 5. The van der Waals surface area contributed by atoms with Gasteiger partial charge in [0, 0.05) is 6.04 Å². The highest BCUT2D eigenvalue weighted by Crippen LogP contribution is 2.37. The molecule has 3 fully saturated rings. The number of esters is 1. The number of carbonyl (C=O) groups excluding carboxylic acids is 4. The van der Waals surface area contributed by atoms with Gasteiger partial charge in [0.1, 0.15) is 6.54 Å². The summed E-state index contributed by atoms with van der Waals surface area (Å²) >= 11 is 0. The van der Waals surface area contributed by atoms with Gasteiger partial charge in [-0.05, 0) is 19.3 Å². The van der Waals surface area contributed by atoms with Crippen LogP contribution in [0.1, 0.15) is 32.1 Å². The lowest BCUT2D eigenvalue weighted by Crippen LogP contribution is -2.40. The van der Waals surface area contributed by atoms with Gasteiger partial charge in [0.15, 0.2) is 16.4 Å². The van der Waals surface area contributed by atoms with E-state index in [2.05, 4.69) is 5.32 Å². The molecule has 3 rings (SSSR count). The van der Waals surface area contributed by atoms with Crippen LogP contribution in [0.25, 0.3) is 0 Å². The second-order valence-corrected chi connectivity index (χ2v) is 9.32. The Labute approximate surface area is 151 Å². The number of imide groups is 1.